The molecule has 0 atom stereocenters. The Labute approximate surface area is 189 Å². The number of benzene rings is 2. The van der Waals surface area contributed by atoms with Gasteiger partial charge in [0.15, 0.2) is 0 Å². The Hall–Kier alpha value is -3.07. The fourth-order valence-electron chi connectivity index (χ4n) is 3.56. The average Bonchev–Trinajstić information content (AvgIpc) is 3.16. The lowest BCUT2D eigenvalue weighted by Gasteiger charge is -2.24. The minimum absolute atomic E-state index is 0.183. The van der Waals surface area contributed by atoms with E-state index < -0.39 is 15.9 Å². The van der Waals surface area contributed by atoms with Crippen LogP contribution in [0.4, 0.5) is 5.69 Å². The predicted molar refractivity (Wildman–Crippen MR) is 123 cm³/mol. The van der Waals surface area contributed by atoms with E-state index in [1.165, 1.54) is 0 Å². The minimum Gasteiger partial charge on any atom is -0.492 e. The van der Waals surface area contributed by atoms with Gasteiger partial charge >= 0.3 is 0 Å². The van der Waals surface area contributed by atoms with Crippen LogP contribution in [0, 0.1) is 0 Å². The van der Waals surface area contributed by atoms with Gasteiger partial charge in [-0.25, -0.2) is 8.42 Å². The highest BCUT2D eigenvalue weighted by atomic mass is 32.2. The molecule has 1 saturated heterocycles. The molecular weight excluding hydrogens is 430 g/mol. The number of nitrogens with one attached hydrogen (secondary N) is 1. The maximum Gasteiger partial charge on any atom is 0.241 e. The second-order valence-electron chi connectivity index (χ2n) is 7.68. The summed E-state index contributed by atoms with van der Waals surface area (Å²) in [7, 11) is -3.70. The predicted octanol–water partition coefficient (Wildman–Crippen LogP) is 2.29. The molecule has 0 aliphatic carbocycles. The molecule has 0 bridgehead atoms. The van der Waals surface area contributed by atoms with Crippen molar-refractivity contribution in [2.75, 3.05) is 30.3 Å². The van der Waals surface area contributed by atoms with Crippen molar-refractivity contribution in [3.63, 3.8) is 0 Å². The number of rotatable bonds is 10. The summed E-state index contributed by atoms with van der Waals surface area (Å²) in [6.07, 6.45) is 2.58. The Morgan fingerprint density at radius 1 is 1.12 bits per heavy atom. The van der Waals surface area contributed by atoms with E-state index >= 15 is 0 Å². The van der Waals surface area contributed by atoms with E-state index in [1.54, 1.807) is 24.3 Å². The van der Waals surface area contributed by atoms with Crippen LogP contribution in [0.1, 0.15) is 30.9 Å². The van der Waals surface area contributed by atoms with Crippen molar-refractivity contribution < 1.29 is 22.7 Å². The molecule has 2 amide bonds. The van der Waals surface area contributed by atoms with Crippen molar-refractivity contribution in [2.45, 2.75) is 32.9 Å². The number of hydrogen-bond donors (Lipinski definition) is 1. The van der Waals surface area contributed by atoms with Gasteiger partial charge in [-0.05, 0) is 36.6 Å². The van der Waals surface area contributed by atoms with Crippen LogP contribution >= 0.6 is 0 Å². The molecule has 1 fully saturated rings. The number of carbonyl (C=O) groups is 2. The topological polar surface area (TPSA) is 96.0 Å². The summed E-state index contributed by atoms with van der Waals surface area (Å²) in [5.74, 6) is 0.163. The third-order valence-electron chi connectivity index (χ3n) is 5.18. The summed E-state index contributed by atoms with van der Waals surface area (Å²) in [6.45, 7) is 3.49. The highest BCUT2D eigenvalue weighted by Crippen LogP contribution is 2.29. The van der Waals surface area contributed by atoms with Gasteiger partial charge in [0.2, 0.25) is 21.8 Å². The number of ether oxygens (including phenoxy) is 1. The normalized spacial score (nSPS) is 13.8. The molecule has 9 heteroatoms. The van der Waals surface area contributed by atoms with Gasteiger partial charge in [-0.3, -0.25) is 13.9 Å². The van der Waals surface area contributed by atoms with Crippen molar-refractivity contribution in [2.24, 2.45) is 0 Å². The van der Waals surface area contributed by atoms with E-state index in [0.29, 0.717) is 31.0 Å². The second-order valence-corrected chi connectivity index (χ2v) is 9.59. The highest BCUT2D eigenvalue weighted by Gasteiger charge is 2.24. The third-order valence-corrected chi connectivity index (χ3v) is 6.31. The number of amides is 2. The van der Waals surface area contributed by atoms with E-state index in [2.05, 4.69) is 5.32 Å². The quantitative estimate of drug-likeness (QED) is 0.588. The maximum atomic E-state index is 12.5. The maximum absolute atomic E-state index is 12.5. The fourth-order valence-corrected chi connectivity index (χ4v) is 4.42. The van der Waals surface area contributed by atoms with Gasteiger partial charge < -0.3 is 15.0 Å². The van der Waals surface area contributed by atoms with Crippen molar-refractivity contribution in [1.82, 2.24) is 10.2 Å². The van der Waals surface area contributed by atoms with Gasteiger partial charge in [-0.1, -0.05) is 36.4 Å². The number of para-hydroxylation sites is 2. The van der Waals surface area contributed by atoms with E-state index in [0.717, 1.165) is 34.7 Å². The van der Waals surface area contributed by atoms with E-state index in [1.807, 2.05) is 36.1 Å². The lowest BCUT2D eigenvalue weighted by molar-refractivity contribution is -0.128. The van der Waals surface area contributed by atoms with Gasteiger partial charge in [0, 0.05) is 26.1 Å². The molecular formula is C23H29N3O5S. The fraction of sp³-hybridized carbons (Fsp3) is 0.391. The number of nitrogens with zero attached hydrogens (tertiary/aromatic N) is 2. The van der Waals surface area contributed by atoms with Crippen LogP contribution in [0.3, 0.4) is 0 Å². The third kappa shape index (κ3) is 6.23. The molecule has 1 N–H and O–H groups in total. The first-order chi connectivity index (χ1) is 15.3. The van der Waals surface area contributed by atoms with Gasteiger partial charge in [-0.15, -0.1) is 0 Å². The van der Waals surface area contributed by atoms with Crippen LogP contribution in [0.25, 0.3) is 0 Å². The molecule has 1 aliphatic rings. The zero-order valence-corrected chi connectivity index (χ0v) is 19.2. The highest BCUT2D eigenvalue weighted by molar-refractivity contribution is 7.92. The van der Waals surface area contributed by atoms with Crippen LogP contribution < -0.4 is 14.4 Å². The molecule has 0 radical (unpaired) electrons. The van der Waals surface area contributed by atoms with Crippen LogP contribution in [-0.4, -0.2) is 51.1 Å². The molecule has 2 aromatic rings. The van der Waals surface area contributed by atoms with Crippen molar-refractivity contribution in [3.05, 3.63) is 59.7 Å². The molecule has 0 spiro atoms. The number of likely N-dealkylation sites (tertiary alicyclic amines) is 1. The van der Waals surface area contributed by atoms with Gasteiger partial charge in [0.1, 0.15) is 12.3 Å². The second kappa shape index (κ2) is 10.5. The lowest BCUT2D eigenvalue weighted by Crippen LogP contribution is -2.40. The zero-order chi connectivity index (χ0) is 23.1. The molecule has 1 heterocycles. The lowest BCUT2D eigenvalue weighted by atomic mass is 10.1. The monoisotopic (exact) mass is 459 g/mol. The first-order valence-corrected chi connectivity index (χ1v) is 12.4. The Kier molecular flexibility index (Phi) is 7.74. The van der Waals surface area contributed by atoms with E-state index in [-0.39, 0.29) is 19.0 Å². The molecule has 8 nitrogen and oxygen atoms in total. The van der Waals surface area contributed by atoms with Crippen molar-refractivity contribution in [1.29, 1.82) is 0 Å². The molecule has 0 aromatic heterocycles. The zero-order valence-electron chi connectivity index (χ0n) is 18.4. The van der Waals surface area contributed by atoms with Crippen LogP contribution in [0.5, 0.6) is 5.75 Å². The Morgan fingerprint density at radius 3 is 2.44 bits per heavy atom. The smallest absolute Gasteiger partial charge is 0.241 e. The number of hydrogen-bond acceptors (Lipinski definition) is 5. The molecule has 172 valence electrons. The molecule has 2 aromatic carbocycles. The first kappa shape index (κ1) is 23.6. The average molecular weight is 460 g/mol. The largest absolute Gasteiger partial charge is 0.492 e. The number of carbonyl (C=O) groups excluding carboxylic acids is 2. The molecule has 1 aliphatic heterocycles. The summed E-state index contributed by atoms with van der Waals surface area (Å²) >= 11 is 0. The summed E-state index contributed by atoms with van der Waals surface area (Å²) in [4.78, 5) is 26.2. The molecule has 3 rings (SSSR count). The first-order valence-electron chi connectivity index (χ1n) is 10.6. The summed E-state index contributed by atoms with van der Waals surface area (Å²) in [6, 6.07) is 14.4. The minimum atomic E-state index is -3.70. The Morgan fingerprint density at radius 2 is 1.81 bits per heavy atom. The van der Waals surface area contributed by atoms with E-state index in [4.69, 9.17) is 4.74 Å². The van der Waals surface area contributed by atoms with Crippen molar-refractivity contribution in [3.8, 4) is 5.75 Å². The molecule has 32 heavy (non-hydrogen) atoms. The van der Waals surface area contributed by atoms with Crippen molar-refractivity contribution >= 4 is 27.5 Å². The standard InChI is InChI=1S/C23H29N3O5S/c1-3-31-21-8-5-4-7-20(21)26(32(2,29)30)17-22(27)24-15-18-10-12-19(13-11-18)16-25-14-6-9-23(25)28/h4-5,7-8,10-13H,3,6,9,14-17H2,1-2H3,(H,24,27). The van der Waals surface area contributed by atoms with Crippen LogP contribution in [-0.2, 0) is 32.7 Å². The van der Waals surface area contributed by atoms with E-state index in [9.17, 15) is 18.0 Å². The van der Waals surface area contributed by atoms with Crippen LogP contribution in [0.15, 0.2) is 48.5 Å². The van der Waals surface area contributed by atoms with Gasteiger partial charge in [0.05, 0.1) is 18.6 Å². The molecule has 0 saturated carbocycles. The SMILES string of the molecule is CCOc1ccccc1N(CC(=O)NCc1ccc(CN2CCCC2=O)cc1)S(C)(=O)=O. The van der Waals surface area contributed by atoms with Gasteiger partial charge in [-0.2, -0.15) is 0 Å². The number of anilines is 1. The molecule has 0 unspecified atom stereocenters. The Balaban J connectivity index is 1.60. The summed E-state index contributed by atoms with van der Waals surface area (Å²) in [5.41, 5.74) is 2.24. The summed E-state index contributed by atoms with van der Waals surface area (Å²) in [5, 5.41) is 2.77. The Bertz CT molecular complexity index is 1050. The van der Waals surface area contributed by atoms with Gasteiger partial charge in [0.25, 0.3) is 0 Å². The number of sulfonamides is 1. The van der Waals surface area contributed by atoms with Crippen LogP contribution in [0.2, 0.25) is 0 Å². The summed E-state index contributed by atoms with van der Waals surface area (Å²) < 4.78 is 31.3.